The van der Waals surface area contributed by atoms with Crippen molar-refractivity contribution in [3.63, 3.8) is 0 Å². The molecule has 0 N–H and O–H groups in total. The van der Waals surface area contributed by atoms with Crippen LogP contribution < -0.4 is 0 Å². The molecule has 0 aromatic heterocycles. The number of hydrogen-bond acceptors (Lipinski definition) is 6. The number of esters is 3. The lowest BCUT2D eigenvalue weighted by molar-refractivity contribution is -0.167. The van der Waals surface area contributed by atoms with E-state index in [4.69, 9.17) is 14.2 Å². The minimum absolute atomic E-state index is 0.0756. The highest BCUT2D eigenvalue weighted by Gasteiger charge is 2.19. The fourth-order valence-corrected chi connectivity index (χ4v) is 10.2. The first kappa shape index (κ1) is 79.3. The molecule has 0 bridgehead atoms. The number of ether oxygens (including phenoxy) is 3. The van der Waals surface area contributed by atoms with Crippen molar-refractivity contribution >= 4 is 17.9 Å². The largest absolute Gasteiger partial charge is 0.462 e. The molecule has 478 valence electrons. The highest BCUT2D eigenvalue weighted by Crippen LogP contribution is 2.17. The van der Waals surface area contributed by atoms with Gasteiger partial charge in [0, 0.05) is 19.3 Å². The maximum atomic E-state index is 12.9. The van der Waals surface area contributed by atoms with Gasteiger partial charge in [-0.15, -0.1) is 0 Å². The molecule has 0 spiro atoms. The molecule has 0 aliphatic heterocycles. The molecule has 6 nitrogen and oxygen atoms in total. The summed E-state index contributed by atoms with van der Waals surface area (Å²) in [7, 11) is 0. The first-order chi connectivity index (χ1) is 41.0. The molecule has 0 heterocycles. The van der Waals surface area contributed by atoms with E-state index >= 15 is 0 Å². The Morgan fingerprint density at radius 2 is 0.470 bits per heavy atom. The van der Waals surface area contributed by atoms with Gasteiger partial charge in [0.05, 0.1) is 0 Å². The van der Waals surface area contributed by atoms with Crippen LogP contribution >= 0.6 is 0 Å². The van der Waals surface area contributed by atoms with E-state index in [9.17, 15) is 14.4 Å². The predicted molar refractivity (Wildman–Crippen MR) is 362 cm³/mol. The minimum Gasteiger partial charge on any atom is -0.462 e. The smallest absolute Gasteiger partial charge is 0.306 e. The van der Waals surface area contributed by atoms with Crippen LogP contribution in [0, 0.1) is 0 Å². The quantitative estimate of drug-likeness (QED) is 0.0261. The third kappa shape index (κ3) is 69.0. The number of allylic oxidation sites excluding steroid dienone is 16. The normalized spacial score (nSPS) is 12.7. The first-order valence-electron chi connectivity index (χ1n) is 35.7. The maximum absolute atomic E-state index is 12.9. The third-order valence-corrected chi connectivity index (χ3v) is 15.6. The van der Waals surface area contributed by atoms with Gasteiger partial charge in [0.2, 0.25) is 0 Å². The summed E-state index contributed by atoms with van der Waals surface area (Å²) in [6.07, 6.45) is 95.7. The molecule has 0 rings (SSSR count). The second-order valence-electron chi connectivity index (χ2n) is 23.8. The zero-order chi connectivity index (χ0) is 59.9. The lowest BCUT2D eigenvalue weighted by atomic mass is 10.0. The van der Waals surface area contributed by atoms with Crippen LogP contribution in [0.5, 0.6) is 0 Å². The van der Waals surface area contributed by atoms with Gasteiger partial charge >= 0.3 is 17.9 Å². The fourth-order valence-electron chi connectivity index (χ4n) is 10.2. The summed E-state index contributed by atoms with van der Waals surface area (Å²) in [6, 6.07) is 0. The summed E-state index contributed by atoms with van der Waals surface area (Å²) in [4.78, 5) is 38.4. The van der Waals surface area contributed by atoms with Gasteiger partial charge in [-0.2, -0.15) is 0 Å². The molecule has 0 fully saturated rings. The van der Waals surface area contributed by atoms with E-state index in [1.54, 1.807) is 0 Å². The Morgan fingerprint density at radius 3 is 0.747 bits per heavy atom. The Balaban J connectivity index is 4.22. The Kier molecular flexibility index (Phi) is 67.7. The molecule has 0 aromatic carbocycles. The van der Waals surface area contributed by atoms with Crippen LogP contribution in [0.3, 0.4) is 0 Å². The average Bonchev–Trinajstić information content (AvgIpc) is 3.49. The molecule has 6 heteroatoms. The van der Waals surface area contributed by atoms with Gasteiger partial charge in [-0.1, -0.05) is 330 Å². The van der Waals surface area contributed by atoms with Gasteiger partial charge in [-0.05, 0) is 103 Å². The van der Waals surface area contributed by atoms with Crippen molar-refractivity contribution < 1.29 is 28.6 Å². The molecular weight excluding hydrogens is 1020 g/mol. The van der Waals surface area contributed by atoms with Crippen molar-refractivity contribution in [1.82, 2.24) is 0 Å². The van der Waals surface area contributed by atoms with E-state index in [1.807, 2.05) is 0 Å². The summed E-state index contributed by atoms with van der Waals surface area (Å²) in [5.41, 5.74) is 0. The van der Waals surface area contributed by atoms with Crippen LogP contribution in [0.1, 0.15) is 355 Å². The zero-order valence-corrected chi connectivity index (χ0v) is 54.9. The van der Waals surface area contributed by atoms with Gasteiger partial charge in [0.25, 0.3) is 0 Å². The molecule has 0 aliphatic rings. The SMILES string of the molecule is CC/C=C\C/C=C\C/C=C\C/C=C\C/C=C\C/C=C\CCCCCCCCCCCCCCCCC(=O)OCC(COC(=O)CCCCCCCCCCCCCCCC)OC(=O)CCCCCCCCC/C=C\C/C=C\CCCCCC. The Bertz CT molecular complexity index is 1610. The van der Waals surface area contributed by atoms with Crippen molar-refractivity contribution in [2.24, 2.45) is 0 Å². The summed E-state index contributed by atoms with van der Waals surface area (Å²) >= 11 is 0. The second kappa shape index (κ2) is 70.8. The van der Waals surface area contributed by atoms with Crippen LogP contribution in [0.25, 0.3) is 0 Å². The summed E-state index contributed by atoms with van der Waals surface area (Å²) in [5.74, 6) is -0.865. The zero-order valence-electron chi connectivity index (χ0n) is 54.9. The molecule has 0 amide bonds. The van der Waals surface area contributed by atoms with E-state index < -0.39 is 6.10 Å². The monoisotopic (exact) mass is 1160 g/mol. The van der Waals surface area contributed by atoms with Crippen molar-refractivity contribution in [3.8, 4) is 0 Å². The van der Waals surface area contributed by atoms with Gasteiger partial charge in [0.15, 0.2) is 6.10 Å². The van der Waals surface area contributed by atoms with Crippen molar-refractivity contribution in [3.05, 3.63) is 97.2 Å². The molecule has 1 atom stereocenters. The highest BCUT2D eigenvalue weighted by molar-refractivity contribution is 5.71. The molecule has 0 saturated carbocycles. The fraction of sp³-hybridized carbons (Fsp3) is 0.753. The molecule has 0 aliphatic carbocycles. The number of hydrogen-bond donors (Lipinski definition) is 0. The highest BCUT2D eigenvalue weighted by atomic mass is 16.6. The maximum Gasteiger partial charge on any atom is 0.306 e. The van der Waals surface area contributed by atoms with E-state index in [-0.39, 0.29) is 31.1 Å². The van der Waals surface area contributed by atoms with Gasteiger partial charge < -0.3 is 14.2 Å². The van der Waals surface area contributed by atoms with Crippen LogP contribution in [0.15, 0.2) is 97.2 Å². The third-order valence-electron chi connectivity index (χ3n) is 15.6. The van der Waals surface area contributed by atoms with Crippen molar-refractivity contribution in [2.45, 2.75) is 361 Å². The Hall–Kier alpha value is -3.67. The molecule has 0 aromatic rings. The predicted octanol–water partition coefficient (Wildman–Crippen LogP) is 24.8. The van der Waals surface area contributed by atoms with Crippen molar-refractivity contribution in [1.29, 1.82) is 0 Å². The Labute approximate surface area is 515 Å². The molecule has 0 radical (unpaired) electrons. The van der Waals surface area contributed by atoms with Gasteiger partial charge in [0.1, 0.15) is 13.2 Å². The number of carbonyl (C=O) groups excluding carboxylic acids is 3. The van der Waals surface area contributed by atoms with E-state index in [1.165, 1.54) is 205 Å². The van der Waals surface area contributed by atoms with E-state index in [0.29, 0.717) is 19.3 Å². The second-order valence-corrected chi connectivity index (χ2v) is 23.8. The summed E-state index contributed by atoms with van der Waals surface area (Å²) in [6.45, 7) is 6.55. The van der Waals surface area contributed by atoms with Gasteiger partial charge in [-0.3, -0.25) is 14.4 Å². The number of carbonyl (C=O) groups is 3. The molecule has 83 heavy (non-hydrogen) atoms. The van der Waals surface area contributed by atoms with Crippen LogP contribution in [-0.4, -0.2) is 37.2 Å². The van der Waals surface area contributed by atoms with E-state index in [0.717, 1.165) is 109 Å². The average molecular weight is 1160 g/mol. The molecule has 1 unspecified atom stereocenters. The molecular formula is C77H134O6. The van der Waals surface area contributed by atoms with Gasteiger partial charge in [-0.25, -0.2) is 0 Å². The van der Waals surface area contributed by atoms with Crippen LogP contribution in [0.2, 0.25) is 0 Å². The number of rotatable bonds is 65. The lowest BCUT2D eigenvalue weighted by Gasteiger charge is -2.18. The van der Waals surface area contributed by atoms with E-state index in [2.05, 4.69) is 118 Å². The summed E-state index contributed by atoms with van der Waals surface area (Å²) in [5, 5.41) is 0. The molecule has 0 saturated heterocycles. The number of unbranched alkanes of at least 4 members (excludes halogenated alkanes) is 38. The summed E-state index contributed by atoms with van der Waals surface area (Å²) < 4.78 is 17.0. The first-order valence-corrected chi connectivity index (χ1v) is 35.7. The lowest BCUT2D eigenvalue weighted by Crippen LogP contribution is -2.30. The van der Waals surface area contributed by atoms with Crippen LogP contribution in [-0.2, 0) is 28.6 Å². The van der Waals surface area contributed by atoms with Crippen molar-refractivity contribution in [2.75, 3.05) is 13.2 Å². The van der Waals surface area contributed by atoms with Crippen LogP contribution in [0.4, 0.5) is 0 Å². The topological polar surface area (TPSA) is 78.9 Å². The minimum atomic E-state index is -0.781. The Morgan fingerprint density at radius 1 is 0.253 bits per heavy atom. The standard InChI is InChI=1S/C77H134O6/c1-4-7-10-13-16-19-22-25-28-30-32-33-34-35-36-37-38-39-40-41-42-43-44-45-46-48-49-52-55-58-61-64-67-70-76(79)82-73-74(72-81-75(78)69-66-63-60-57-54-51-27-24-21-18-15-12-9-6-3)83-77(80)71-68-65-62-59-56-53-50-47-31-29-26-23-20-17-14-11-8-5-2/h7,10,16,19-20,23,25,28-29,31-33,35-36,38-39,74H,4-6,8-9,11-15,17-18,21-22,24,26-27,30,34,37,40-73H2,1-3H3/b10-7-,19-16-,23-20-,28-25-,31-29-,33-32-,36-35-,39-38-.